The molecule has 23 heavy (non-hydrogen) atoms. The zero-order chi connectivity index (χ0) is 16.8. The molecule has 3 rings (SSSR count). The number of carbonyl (C=O) groups is 1. The van der Waals surface area contributed by atoms with Gasteiger partial charge in [-0.15, -0.1) is 0 Å². The fraction of sp³-hybridized carbons (Fsp3) is 0.316. The SMILES string of the molecule is CC.Cc1cccc(C(=O)Cc2ccc3c(c2)B(O)OCC3)c1. The highest BCUT2D eigenvalue weighted by Crippen LogP contribution is 2.13. The predicted molar refractivity (Wildman–Crippen MR) is 94.3 cm³/mol. The summed E-state index contributed by atoms with van der Waals surface area (Å²) in [6.45, 7) is 6.51. The molecule has 3 nitrogen and oxygen atoms in total. The van der Waals surface area contributed by atoms with E-state index in [1.807, 2.05) is 63.2 Å². The zero-order valence-corrected chi connectivity index (χ0v) is 14.0. The quantitative estimate of drug-likeness (QED) is 0.700. The lowest BCUT2D eigenvalue weighted by Crippen LogP contribution is -2.41. The van der Waals surface area contributed by atoms with Gasteiger partial charge in [0.25, 0.3) is 0 Å². The molecule has 1 N–H and O–H groups in total. The number of carbonyl (C=O) groups excluding carboxylic acids is 1. The molecule has 0 aromatic heterocycles. The fourth-order valence-electron chi connectivity index (χ4n) is 2.69. The Kier molecular flexibility index (Phi) is 6.14. The third kappa shape index (κ3) is 4.30. The second kappa shape index (κ2) is 8.09. The van der Waals surface area contributed by atoms with Gasteiger partial charge < -0.3 is 9.68 Å². The van der Waals surface area contributed by atoms with Gasteiger partial charge in [0.2, 0.25) is 0 Å². The third-order valence-corrected chi connectivity index (χ3v) is 3.83. The average molecular weight is 310 g/mol. The molecule has 120 valence electrons. The first-order valence-corrected chi connectivity index (χ1v) is 8.15. The minimum absolute atomic E-state index is 0.0878. The first kappa shape index (κ1) is 17.4. The van der Waals surface area contributed by atoms with Gasteiger partial charge >= 0.3 is 7.12 Å². The van der Waals surface area contributed by atoms with Crippen LogP contribution in [0.5, 0.6) is 0 Å². The van der Waals surface area contributed by atoms with Crippen LogP contribution in [0.3, 0.4) is 0 Å². The monoisotopic (exact) mass is 310 g/mol. The van der Waals surface area contributed by atoms with Crippen LogP contribution in [0.25, 0.3) is 0 Å². The van der Waals surface area contributed by atoms with Gasteiger partial charge in [0, 0.05) is 18.6 Å². The summed E-state index contributed by atoms with van der Waals surface area (Å²) in [7, 11) is -0.872. The van der Waals surface area contributed by atoms with E-state index in [1.54, 1.807) is 0 Å². The van der Waals surface area contributed by atoms with Gasteiger partial charge in [0.1, 0.15) is 0 Å². The van der Waals surface area contributed by atoms with Crippen LogP contribution in [0, 0.1) is 6.92 Å². The van der Waals surface area contributed by atoms with E-state index in [9.17, 15) is 9.82 Å². The van der Waals surface area contributed by atoms with E-state index in [0.29, 0.717) is 13.0 Å². The number of aryl methyl sites for hydroxylation is 1. The summed E-state index contributed by atoms with van der Waals surface area (Å²) < 4.78 is 5.24. The highest BCUT2D eigenvalue weighted by Gasteiger charge is 2.25. The molecular weight excluding hydrogens is 287 g/mol. The maximum Gasteiger partial charge on any atom is 0.491 e. The number of ketones is 1. The van der Waals surface area contributed by atoms with Crippen molar-refractivity contribution in [2.24, 2.45) is 0 Å². The van der Waals surface area contributed by atoms with E-state index in [1.165, 1.54) is 0 Å². The summed E-state index contributed by atoms with van der Waals surface area (Å²) in [6.07, 6.45) is 1.14. The highest BCUT2D eigenvalue weighted by molar-refractivity contribution is 6.60. The minimum atomic E-state index is -0.872. The van der Waals surface area contributed by atoms with E-state index < -0.39 is 7.12 Å². The molecule has 0 spiro atoms. The molecule has 0 atom stereocenters. The van der Waals surface area contributed by atoms with Crippen molar-refractivity contribution in [2.75, 3.05) is 6.61 Å². The number of hydrogen-bond donors (Lipinski definition) is 1. The van der Waals surface area contributed by atoms with Crippen LogP contribution in [0.1, 0.15) is 40.9 Å². The van der Waals surface area contributed by atoms with Crippen LogP contribution >= 0.6 is 0 Å². The van der Waals surface area contributed by atoms with E-state index >= 15 is 0 Å². The summed E-state index contributed by atoms with van der Waals surface area (Å²) in [6, 6.07) is 13.4. The average Bonchev–Trinajstić information content (AvgIpc) is 2.57. The number of benzene rings is 2. The van der Waals surface area contributed by atoms with Crippen molar-refractivity contribution in [3.8, 4) is 0 Å². The van der Waals surface area contributed by atoms with Crippen LogP contribution in [0.15, 0.2) is 42.5 Å². The largest absolute Gasteiger partial charge is 0.491 e. The van der Waals surface area contributed by atoms with Crippen molar-refractivity contribution in [2.45, 2.75) is 33.6 Å². The Morgan fingerprint density at radius 1 is 1.22 bits per heavy atom. The second-order valence-corrected chi connectivity index (χ2v) is 5.48. The Balaban J connectivity index is 0.000000924. The van der Waals surface area contributed by atoms with Crippen LogP contribution in [0.4, 0.5) is 0 Å². The van der Waals surface area contributed by atoms with Gasteiger partial charge in [0.05, 0.1) is 0 Å². The molecule has 2 aromatic carbocycles. The van der Waals surface area contributed by atoms with Gasteiger partial charge in [-0.25, -0.2) is 0 Å². The Hall–Kier alpha value is -1.91. The molecule has 0 amide bonds. The molecule has 2 aromatic rings. The number of Topliss-reactive ketones (excluding diaryl/α,β-unsaturated/α-hetero) is 1. The molecule has 0 unspecified atom stereocenters. The van der Waals surface area contributed by atoms with Crippen molar-refractivity contribution in [3.63, 3.8) is 0 Å². The second-order valence-electron chi connectivity index (χ2n) is 5.48. The molecule has 0 radical (unpaired) electrons. The molecule has 4 heteroatoms. The molecule has 0 fully saturated rings. The van der Waals surface area contributed by atoms with Gasteiger partial charge in [-0.3, -0.25) is 4.79 Å². The van der Waals surface area contributed by atoms with Crippen LogP contribution < -0.4 is 5.46 Å². The van der Waals surface area contributed by atoms with E-state index in [0.717, 1.165) is 34.1 Å². The van der Waals surface area contributed by atoms with Gasteiger partial charge in [0.15, 0.2) is 5.78 Å². The third-order valence-electron chi connectivity index (χ3n) is 3.83. The maximum absolute atomic E-state index is 12.3. The maximum atomic E-state index is 12.3. The van der Waals surface area contributed by atoms with Crippen molar-refractivity contribution in [3.05, 3.63) is 64.7 Å². The van der Waals surface area contributed by atoms with Crippen LogP contribution in [-0.4, -0.2) is 24.5 Å². The van der Waals surface area contributed by atoms with E-state index in [-0.39, 0.29) is 5.78 Å². The lowest BCUT2D eigenvalue weighted by atomic mass is 9.73. The first-order valence-electron chi connectivity index (χ1n) is 8.15. The summed E-state index contributed by atoms with van der Waals surface area (Å²) in [5.41, 5.74) is 4.60. The number of rotatable bonds is 3. The van der Waals surface area contributed by atoms with E-state index in [2.05, 4.69) is 0 Å². The summed E-state index contributed by atoms with van der Waals surface area (Å²) in [4.78, 5) is 12.3. The summed E-state index contributed by atoms with van der Waals surface area (Å²) in [5.74, 6) is 0.0878. The smallest absolute Gasteiger partial charge is 0.423 e. The minimum Gasteiger partial charge on any atom is -0.423 e. The number of hydrogen-bond acceptors (Lipinski definition) is 3. The molecular formula is C19H23BO3. The summed E-state index contributed by atoms with van der Waals surface area (Å²) >= 11 is 0. The van der Waals surface area contributed by atoms with Gasteiger partial charge in [-0.2, -0.15) is 0 Å². The Labute approximate surface area is 138 Å². The molecule has 1 heterocycles. The van der Waals surface area contributed by atoms with E-state index in [4.69, 9.17) is 4.65 Å². The molecule has 1 aliphatic heterocycles. The first-order chi connectivity index (χ1) is 11.1. The standard InChI is InChI=1S/C17H17BO3.C2H6/c1-12-3-2-4-15(9-12)17(19)11-13-5-6-14-7-8-21-18(20)16(14)10-13;1-2/h2-6,9-10,20H,7-8,11H2,1H3;1-2H3. The molecule has 0 bridgehead atoms. The predicted octanol–water partition coefficient (Wildman–Crippen LogP) is 2.71. The highest BCUT2D eigenvalue weighted by atomic mass is 16.5. The van der Waals surface area contributed by atoms with Gasteiger partial charge in [-0.05, 0) is 36.0 Å². The fourth-order valence-corrected chi connectivity index (χ4v) is 2.69. The molecule has 0 saturated heterocycles. The van der Waals surface area contributed by atoms with Crippen molar-refractivity contribution < 1.29 is 14.5 Å². The van der Waals surface area contributed by atoms with Crippen LogP contribution in [0.2, 0.25) is 0 Å². The Morgan fingerprint density at radius 2 is 2.00 bits per heavy atom. The van der Waals surface area contributed by atoms with Crippen molar-refractivity contribution in [1.82, 2.24) is 0 Å². The molecule has 0 saturated carbocycles. The summed E-state index contributed by atoms with van der Waals surface area (Å²) in [5, 5.41) is 9.87. The lowest BCUT2D eigenvalue weighted by Gasteiger charge is -2.19. The van der Waals surface area contributed by atoms with Crippen molar-refractivity contribution in [1.29, 1.82) is 0 Å². The zero-order valence-electron chi connectivity index (χ0n) is 14.0. The number of fused-ring (bicyclic) bond motifs is 1. The van der Waals surface area contributed by atoms with Crippen LogP contribution in [-0.2, 0) is 17.5 Å². The topological polar surface area (TPSA) is 46.5 Å². The normalized spacial score (nSPS) is 13.0. The van der Waals surface area contributed by atoms with Gasteiger partial charge in [-0.1, -0.05) is 55.8 Å². The molecule has 0 aliphatic carbocycles. The lowest BCUT2D eigenvalue weighted by molar-refractivity contribution is 0.0993. The Morgan fingerprint density at radius 3 is 2.74 bits per heavy atom. The molecule has 1 aliphatic rings. The Bertz CT molecular complexity index is 682. The van der Waals surface area contributed by atoms with Crippen molar-refractivity contribution >= 4 is 18.4 Å².